The van der Waals surface area contributed by atoms with E-state index in [4.69, 9.17) is 9.47 Å². The number of benzene rings is 2. The van der Waals surface area contributed by atoms with Crippen LogP contribution in [0.2, 0.25) is 0 Å². The van der Waals surface area contributed by atoms with Crippen LogP contribution >= 0.6 is 11.7 Å². The third kappa shape index (κ3) is 3.90. The maximum atomic E-state index is 13.6. The van der Waals surface area contributed by atoms with Crippen LogP contribution in [0.4, 0.5) is 4.79 Å². The highest BCUT2D eigenvalue weighted by atomic mass is 32.1. The zero-order valence-electron chi connectivity index (χ0n) is 19.5. The van der Waals surface area contributed by atoms with Gasteiger partial charge >= 0.3 is 6.03 Å². The molecule has 0 spiro atoms. The highest BCUT2D eigenvalue weighted by Crippen LogP contribution is 2.38. The standard InChI is InChI=1S/C25H27N5O4S/c1-2-25(18-7-9-29(10-8-18)13-16-3-5-19-20(11-16)28-35-27-19)23(31)30(24(32)26-25)14-17-4-6-21-22(12-17)34-15-33-21/h3-6,11-12,18H,2,7-10,13-15H2,1H3,(H,26,32). The summed E-state index contributed by atoms with van der Waals surface area (Å²) in [5.74, 6) is 1.31. The van der Waals surface area contributed by atoms with Gasteiger partial charge in [0.15, 0.2) is 11.5 Å². The molecule has 0 saturated carbocycles. The summed E-state index contributed by atoms with van der Waals surface area (Å²) in [5.41, 5.74) is 3.09. The molecule has 2 fully saturated rings. The van der Waals surface area contributed by atoms with Gasteiger partial charge in [0.25, 0.3) is 5.91 Å². The molecular weight excluding hydrogens is 466 g/mol. The van der Waals surface area contributed by atoms with Gasteiger partial charge in [-0.2, -0.15) is 8.75 Å². The van der Waals surface area contributed by atoms with Gasteiger partial charge in [0.2, 0.25) is 6.79 Å². The molecule has 1 unspecified atom stereocenters. The lowest BCUT2D eigenvalue weighted by Gasteiger charge is -2.40. The van der Waals surface area contributed by atoms with Crippen LogP contribution in [-0.4, -0.2) is 55.9 Å². The fourth-order valence-corrected chi connectivity index (χ4v) is 6.10. The maximum absolute atomic E-state index is 13.6. The fourth-order valence-electron chi connectivity index (χ4n) is 5.58. The lowest BCUT2D eigenvalue weighted by atomic mass is 9.75. The van der Waals surface area contributed by atoms with Gasteiger partial charge in [0.1, 0.15) is 16.6 Å². The molecule has 2 saturated heterocycles. The lowest BCUT2D eigenvalue weighted by molar-refractivity contribution is -0.134. The molecule has 3 aliphatic heterocycles. The normalized spacial score (nSPS) is 22.8. The minimum atomic E-state index is -0.843. The molecule has 0 aliphatic carbocycles. The van der Waals surface area contributed by atoms with Crippen LogP contribution in [0.5, 0.6) is 11.5 Å². The van der Waals surface area contributed by atoms with Crippen LogP contribution in [0.1, 0.15) is 37.3 Å². The molecule has 1 aromatic heterocycles. The van der Waals surface area contributed by atoms with Crippen molar-refractivity contribution < 1.29 is 19.1 Å². The van der Waals surface area contributed by atoms with Gasteiger partial charge in [0, 0.05) is 6.54 Å². The van der Waals surface area contributed by atoms with Crippen molar-refractivity contribution in [2.45, 2.75) is 44.8 Å². The molecule has 35 heavy (non-hydrogen) atoms. The Hall–Kier alpha value is -3.24. The van der Waals surface area contributed by atoms with Crippen molar-refractivity contribution in [3.05, 3.63) is 47.5 Å². The van der Waals surface area contributed by atoms with Crippen molar-refractivity contribution in [3.8, 4) is 11.5 Å². The van der Waals surface area contributed by atoms with Gasteiger partial charge in [-0.05, 0) is 73.7 Å². The summed E-state index contributed by atoms with van der Waals surface area (Å²) in [6.07, 6.45) is 2.30. The Morgan fingerprint density at radius 3 is 2.57 bits per heavy atom. The number of hydrogen-bond acceptors (Lipinski definition) is 8. The summed E-state index contributed by atoms with van der Waals surface area (Å²) >= 11 is 1.23. The first-order chi connectivity index (χ1) is 17.1. The Balaban J connectivity index is 1.12. The lowest BCUT2D eigenvalue weighted by Crippen LogP contribution is -2.55. The van der Waals surface area contributed by atoms with Gasteiger partial charge in [0.05, 0.1) is 18.3 Å². The van der Waals surface area contributed by atoms with Gasteiger partial charge < -0.3 is 14.8 Å². The zero-order valence-corrected chi connectivity index (χ0v) is 20.3. The number of aromatic nitrogens is 2. The third-order valence-electron chi connectivity index (χ3n) is 7.55. The summed E-state index contributed by atoms with van der Waals surface area (Å²) in [4.78, 5) is 30.3. The first-order valence-corrected chi connectivity index (χ1v) is 12.7. The van der Waals surface area contributed by atoms with Crippen molar-refractivity contribution in [2.24, 2.45) is 5.92 Å². The van der Waals surface area contributed by atoms with E-state index < -0.39 is 5.54 Å². The quantitative estimate of drug-likeness (QED) is 0.525. The molecule has 6 rings (SSSR count). The van der Waals surface area contributed by atoms with Crippen LogP contribution in [0.3, 0.4) is 0 Å². The first-order valence-electron chi connectivity index (χ1n) is 12.0. The summed E-state index contributed by atoms with van der Waals surface area (Å²) < 4.78 is 19.4. The molecular formula is C25H27N5O4S. The maximum Gasteiger partial charge on any atom is 0.325 e. The van der Waals surface area contributed by atoms with E-state index in [2.05, 4.69) is 31.1 Å². The number of piperidine rings is 1. The predicted molar refractivity (Wildman–Crippen MR) is 130 cm³/mol. The Morgan fingerprint density at radius 2 is 1.74 bits per heavy atom. The molecule has 3 aliphatic rings. The number of nitrogens with zero attached hydrogens (tertiary/aromatic N) is 4. The molecule has 0 bridgehead atoms. The number of hydrogen-bond donors (Lipinski definition) is 1. The minimum Gasteiger partial charge on any atom is -0.454 e. The van der Waals surface area contributed by atoms with Crippen LogP contribution < -0.4 is 14.8 Å². The summed E-state index contributed by atoms with van der Waals surface area (Å²) in [5, 5.41) is 3.09. The number of ether oxygens (including phenoxy) is 2. The Morgan fingerprint density at radius 1 is 1.00 bits per heavy atom. The SMILES string of the molecule is CCC1(C2CCN(Cc3ccc4nsnc4c3)CC2)NC(=O)N(Cc2ccc3c(c2)OCO3)C1=O. The van der Waals surface area contributed by atoms with Crippen molar-refractivity contribution in [2.75, 3.05) is 19.9 Å². The Bertz CT molecular complexity index is 1290. The van der Waals surface area contributed by atoms with E-state index in [0.29, 0.717) is 17.9 Å². The molecule has 182 valence electrons. The van der Waals surface area contributed by atoms with Gasteiger partial charge in [-0.1, -0.05) is 19.1 Å². The summed E-state index contributed by atoms with van der Waals surface area (Å²) in [6, 6.07) is 11.5. The highest BCUT2D eigenvalue weighted by molar-refractivity contribution is 7.00. The van der Waals surface area contributed by atoms with Gasteiger partial charge in [-0.25, -0.2) is 4.79 Å². The van der Waals surface area contributed by atoms with Crippen molar-refractivity contribution in [3.63, 3.8) is 0 Å². The van der Waals surface area contributed by atoms with E-state index in [9.17, 15) is 9.59 Å². The fraction of sp³-hybridized carbons (Fsp3) is 0.440. The predicted octanol–water partition coefficient (Wildman–Crippen LogP) is 3.53. The molecule has 10 heteroatoms. The number of amides is 3. The smallest absolute Gasteiger partial charge is 0.325 e. The average molecular weight is 494 g/mol. The second-order valence-electron chi connectivity index (χ2n) is 9.47. The number of carbonyl (C=O) groups excluding carboxylic acids is 2. The van der Waals surface area contributed by atoms with Gasteiger partial charge in [-0.3, -0.25) is 14.6 Å². The minimum absolute atomic E-state index is 0.104. The molecule has 4 heterocycles. The van der Waals surface area contributed by atoms with Crippen molar-refractivity contribution in [1.29, 1.82) is 0 Å². The highest BCUT2D eigenvalue weighted by Gasteiger charge is 2.54. The van der Waals surface area contributed by atoms with Crippen LogP contribution in [-0.2, 0) is 17.9 Å². The van der Waals surface area contributed by atoms with E-state index >= 15 is 0 Å². The average Bonchev–Trinajstić information content (AvgIpc) is 3.59. The van der Waals surface area contributed by atoms with Crippen LogP contribution in [0.15, 0.2) is 36.4 Å². The number of nitrogens with one attached hydrogen (secondary N) is 1. The Kier molecular flexibility index (Phi) is 5.57. The second-order valence-corrected chi connectivity index (χ2v) is 10.0. The van der Waals surface area contributed by atoms with E-state index in [1.165, 1.54) is 22.2 Å². The molecule has 3 amide bonds. The number of likely N-dealkylation sites (tertiary alicyclic amines) is 1. The monoisotopic (exact) mass is 493 g/mol. The van der Waals surface area contributed by atoms with E-state index in [1.54, 1.807) is 0 Å². The number of urea groups is 1. The third-order valence-corrected chi connectivity index (χ3v) is 8.10. The molecule has 3 aromatic rings. The topological polar surface area (TPSA) is 96.9 Å². The number of rotatable bonds is 6. The summed E-state index contributed by atoms with van der Waals surface area (Å²) in [6.45, 7) is 5.00. The molecule has 1 atom stereocenters. The van der Waals surface area contributed by atoms with E-state index in [-0.39, 0.29) is 31.2 Å². The molecule has 2 aromatic carbocycles. The van der Waals surface area contributed by atoms with Gasteiger partial charge in [-0.15, -0.1) is 0 Å². The van der Waals surface area contributed by atoms with Crippen molar-refractivity contribution in [1.82, 2.24) is 23.9 Å². The largest absolute Gasteiger partial charge is 0.454 e. The number of imide groups is 1. The molecule has 1 N–H and O–H groups in total. The molecule has 9 nitrogen and oxygen atoms in total. The van der Waals surface area contributed by atoms with Crippen LogP contribution in [0, 0.1) is 5.92 Å². The first kappa shape index (κ1) is 22.2. The second kappa shape index (κ2) is 8.76. The van der Waals surface area contributed by atoms with E-state index in [0.717, 1.165) is 49.1 Å². The number of fused-ring (bicyclic) bond motifs is 2. The molecule has 0 radical (unpaired) electrons. The zero-order chi connectivity index (χ0) is 24.0. The van der Waals surface area contributed by atoms with Crippen LogP contribution in [0.25, 0.3) is 11.0 Å². The summed E-state index contributed by atoms with van der Waals surface area (Å²) in [7, 11) is 0. The van der Waals surface area contributed by atoms with E-state index in [1.807, 2.05) is 31.2 Å². The Labute approximate surface area is 207 Å². The number of carbonyl (C=O) groups is 2. The van der Waals surface area contributed by atoms with Crippen molar-refractivity contribution >= 4 is 34.7 Å².